The van der Waals surface area contributed by atoms with Gasteiger partial charge in [0.1, 0.15) is 6.10 Å². The Morgan fingerprint density at radius 2 is 2.07 bits per heavy atom. The predicted molar refractivity (Wildman–Crippen MR) is 157 cm³/mol. The molecule has 5 atom stereocenters. The highest BCUT2D eigenvalue weighted by Crippen LogP contribution is 2.66. The van der Waals surface area contributed by atoms with Gasteiger partial charge in [0, 0.05) is 42.9 Å². The molecule has 4 aliphatic rings. The molecule has 2 bridgehead atoms. The molecule has 0 radical (unpaired) electrons. The number of nitrogens with zero attached hydrogens (tertiary/aromatic N) is 3. The summed E-state index contributed by atoms with van der Waals surface area (Å²) < 4.78 is 46.9. The maximum Gasteiger partial charge on any atom is 0.270 e. The van der Waals surface area contributed by atoms with Gasteiger partial charge in [-0.25, -0.2) is 8.42 Å². The first-order chi connectivity index (χ1) is 21.0. The number of amides is 1. The lowest BCUT2D eigenvalue weighted by Gasteiger charge is -2.64. The summed E-state index contributed by atoms with van der Waals surface area (Å²) in [7, 11) is -0.975. The van der Waals surface area contributed by atoms with Crippen molar-refractivity contribution in [1.82, 2.24) is 9.21 Å². The highest BCUT2D eigenvalue weighted by Gasteiger charge is 2.74. The summed E-state index contributed by atoms with van der Waals surface area (Å²) >= 11 is 0. The van der Waals surface area contributed by atoms with Crippen LogP contribution in [0.4, 0.5) is 5.69 Å². The molecule has 2 aliphatic heterocycles. The lowest BCUT2D eigenvalue weighted by molar-refractivity contribution is -0.385. The van der Waals surface area contributed by atoms with Crippen LogP contribution in [0, 0.1) is 10.1 Å². The van der Waals surface area contributed by atoms with Gasteiger partial charge < -0.3 is 23.9 Å². The van der Waals surface area contributed by atoms with Crippen molar-refractivity contribution in [3.63, 3.8) is 0 Å². The van der Waals surface area contributed by atoms with Crippen molar-refractivity contribution in [3.8, 4) is 11.5 Å². The van der Waals surface area contributed by atoms with E-state index in [1.54, 1.807) is 37.3 Å². The molecule has 1 spiro atoms. The zero-order valence-corrected chi connectivity index (χ0v) is 24.9. The van der Waals surface area contributed by atoms with Crippen molar-refractivity contribution >= 4 is 27.7 Å². The van der Waals surface area contributed by atoms with E-state index in [9.17, 15) is 28.4 Å². The van der Waals surface area contributed by atoms with Crippen molar-refractivity contribution in [1.29, 1.82) is 0 Å². The number of non-ortho nitro benzene ring substituents is 1. The number of carbonyl (C=O) groups is 1. The Hall–Kier alpha value is -4.20. The second-order valence-electron chi connectivity index (χ2n) is 11.9. The van der Waals surface area contributed by atoms with Crippen LogP contribution in [0.25, 0.3) is 6.08 Å². The average Bonchev–Trinajstić information content (AvgIpc) is 3.65. The number of nitro groups is 1. The summed E-state index contributed by atoms with van der Waals surface area (Å²) in [5.41, 5.74) is -0.492. The second kappa shape index (κ2) is 9.91. The number of ether oxygens (including phenoxy) is 2. The fourth-order valence-electron chi connectivity index (χ4n) is 8.03. The number of benzene rings is 2. The number of furan rings is 1. The molecule has 12 nitrogen and oxygen atoms in total. The van der Waals surface area contributed by atoms with Crippen LogP contribution in [0.5, 0.6) is 11.5 Å². The fourth-order valence-corrected chi connectivity index (χ4v) is 9.73. The van der Waals surface area contributed by atoms with Crippen LogP contribution >= 0.6 is 0 Å². The van der Waals surface area contributed by atoms with Crippen molar-refractivity contribution in [2.45, 2.75) is 59.8 Å². The molecule has 2 aliphatic carbocycles. The molecule has 3 heterocycles. The number of methoxy groups -OCH3 is 1. The van der Waals surface area contributed by atoms with E-state index in [0.29, 0.717) is 17.9 Å². The van der Waals surface area contributed by atoms with E-state index in [0.717, 1.165) is 22.8 Å². The number of piperidine rings is 1. The smallest absolute Gasteiger partial charge is 0.270 e. The Bertz CT molecular complexity index is 1810. The van der Waals surface area contributed by atoms with Gasteiger partial charge in [-0.2, -0.15) is 4.31 Å². The van der Waals surface area contributed by atoms with Crippen LogP contribution < -0.4 is 9.47 Å². The molecule has 7 rings (SSSR count). The second-order valence-corrected chi connectivity index (χ2v) is 13.7. The highest BCUT2D eigenvalue weighted by molar-refractivity contribution is 7.89. The first kappa shape index (κ1) is 28.6. The Kier molecular flexibility index (Phi) is 6.43. The zero-order chi connectivity index (χ0) is 31.0. The van der Waals surface area contributed by atoms with E-state index in [2.05, 4.69) is 0 Å². The quantitative estimate of drug-likeness (QED) is 0.238. The molecule has 3 aromatic rings. The van der Waals surface area contributed by atoms with E-state index in [1.807, 2.05) is 6.07 Å². The number of rotatable bonds is 7. The van der Waals surface area contributed by atoms with Crippen LogP contribution in [0.15, 0.2) is 70.4 Å². The Morgan fingerprint density at radius 1 is 1.25 bits per heavy atom. The summed E-state index contributed by atoms with van der Waals surface area (Å²) in [6, 6.07) is 9.10. The number of hydrogen-bond donors (Lipinski definition) is 1. The minimum Gasteiger partial charge on any atom is -0.493 e. The van der Waals surface area contributed by atoms with Crippen molar-refractivity contribution in [3.05, 3.63) is 87.9 Å². The van der Waals surface area contributed by atoms with E-state index in [4.69, 9.17) is 13.9 Å². The van der Waals surface area contributed by atoms with Gasteiger partial charge in [0.25, 0.3) is 5.69 Å². The summed E-state index contributed by atoms with van der Waals surface area (Å²) in [5.74, 6) is 0.777. The van der Waals surface area contributed by atoms with E-state index in [-0.39, 0.29) is 42.3 Å². The lowest BCUT2D eigenvalue weighted by Crippen LogP contribution is -2.78. The number of aliphatic hydroxyl groups is 1. The van der Waals surface area contributed by atoms with Crippen LogP contribution in [0.2, 0.25) is 0 Å². The summed E-state index contributed by atoms with van der Waals surface area (Å²) in [5, 5.41) is 24.2. The third-order valence-electron chi connectivity index (χ3n) is 10.0. The number of likely N-dealkylation sites (N-methyl/N-ethyl adjacent to an activating group) is 1. The number of hydrogen-bond acceptors (Lipinski definition) is 9. The van der Waals surface area contributed by atoms with Gasteiger partial charge in [0.15, 0.2) is 11.5 Å². The summed E-state index contributed by atoms with van der Waals surface area (Å²) in [6.07, 6.45) is 6.53. The molecule has 1 aromatic heterocycles. The minimum atomic E-state index is -4.23. The topological polar surface area (TPSA) is 153 Å². The molecule has 230 valence electrons. The van der Waals surface area contributed by atoms with E-state index >= 15 is 0 Å². The number of nitro benzene ring substituents is 1. The molecule has 1 saturated carbocycles. The molecule has 44 heavy (non-hydrogen) atoms. The van der Waals surface area contributed by atoms with E-state index < -0.39 is 44.2 Å². The van der Waals surface area contributed by atoms with Gasteiger partial charge in [-0.1, -0.05) is 12.1 Å². The number of carbonyl (C=O) groups excluding carboxylic acids is 1. The van der Waals surface area contributed by atoms with Crippen molar-refractivity contribution in [2.24, 2.45) is 0 Å². The first-order valence-corrected chi connectivity index (χ1v) is 15.8. The maximum absolute atomic E-state index is 14.1. The van der Waals surface area contributed by atoms with Gasteiger partial charge in [-0.05, 0) is 55.5 Å². The first-order valence-electron chi connectivity index (χ1n) is 14.4. The largest absolute Gasteiger partial charge is 0.493 e. The van der Waals surface area contributed by atoms with Gasteiger partial charge in [0.05, 0.1) is 52.6 Å². The van der Waals surface area contributed by atoms with E-state index in [1.165, 1.54) is 41.1 Å². The van der Waals surface area contributed by atoms with Gasteiger partial charge in [-0.15, -0.1) is 0 Å². The SMILES string of the molecule is COc1ccc2c3c1O[C@H]1[C@H](N(C)C(=O)/C=C/c4ccoc4)CC[C@@]4(O)[C@@H](C2)N(S(=O)(=O)c2cccc([N+](=O)[O-])c2)CC[C@]314. The molecule has 0 unspecified atom stereocenters. The molecular formula is C31H31N3O9S. The lowest BCUT2D eigenvalue weighted by atomic mass is 9.48. The normalized spacial score (nSPS) is 28.8. The molecule has 1 amide bonds. The zero-order valence-electron chi connectivity index (χ0n) is 24.1. The number of sulfonamides is 1. The molecule has 2 aromatic carbocycles. The third kappa shape index (κ3) is 3.82. The monoisotopic (exact) mass is 621 g/mol. The van der Waals surface area contributed by atoms with Crippen LogP contribution in [0.1, 0.15) is 36.0 Å². The summed E-state index contributed by atoms with van der Waals surface area (Å²) in [6.45, 7) is 0.0543. The Balaban J connectivity index is 1.31. The molecule has 1 N–H and O–H groups in total. The molecule has 1 saturated heterocycles. The summed E-state index contributed by atoms with van der Waals surface area (Å²) in [4.78, 5) is 25.6. The average molecular weight is 622 g/mol. The van der Waals surface area contributed by atoms with Crippen LogP contribution in [-0.4, -0.2) is 78.1 Å². The predicted octanol–water partition coefficient (Wildman–Crippen LogP) is 3.28. The molecule has 2 fully saturated rings. The van der Waals surface area contributed by atoms with Crippen molar-refractivity contribution < 1.29 is 37.1 Å². The molecule has 13 heteroatoms. The Labute approximate surface area is 253 Å². The van der Waals surface area contributed by atoms with Gasteiger partial charge in [-0.3, -0.25) is 14.9 Å². The third-order valence-corrected chi connectivity index (χ3v) is 11.9. The highest BCUT2D eigenvalue weighted by atomic mass is 32.2. The Morgan fingerprint density at radius 3 is 2.80 bits per heavy atom. The van der Waals surface area contributed by atoms with Crippen LogP contribution in [0.3, 0.4) is 0 Å². The fraction of sp³-hybridized carbons (Fsp3) is 0.387. The van der Waals surface area contributed by atoms with Crippen LogP contribution in [-0.2, 0) is 26.7 Å². The molecular weight excluding hydrogens is 590 g/mol. The standard InChI is InChI=1S/C31H31N3O9S/c1-32(26(35)9-6-19-11-15-42-18-19)23-10-12-31(36)25-16-20-7-8-24(41-2)28-27(20)30(31,29(23)43-28)13-14-33(25)44(39,40)22-5-3-4-21(17-22)34(37)38/h3-9,11,15,17-18,23,25,29,36H,10,12-14,16H2,1-2H3/b9-6+/t23-,25-,29+,30+,31-/m1/s1. The maximum atomic E-state index is 14.1. The van der Waals surface area contributed by atoms with Gasteiger partial charge >= 0.3 is 0 Å². The van der Waals surface area contributed by atoms with Crippen molar-refractivity contribution in [2.75, 3.05) is 20.7 Å². The van der Waals surface area contributed by atoms with Gasteiger partial charge in [0.2, 0.25) is 15.9 Å². The minimum absolute atomic E-state index is 0.0543.